The predicted molar refractivity (Wildman–Crippen MR) is 130 cm³/mol. The first-order valence-electron chi connectivity index (χ1n) is 12.9. The molecule has 0 saturated carbocycles. The van der Waals surface area contributed by atoms with E-state index in [4.69, 9.17) is 4.74 Å². The van der Waals surface area contributed by atoms with Crippen molar-refractivity contribution in [3.63, 3.8) is 0 Å². The fourth-order valence-electron chi connectivity index (χ4n) is 4.85. The van der Waals surface area contributed by atoms with Gasteiger partial charge in [-0.1, -0.05) is 45.4 Å². The summed E-state index contributed by atoms with van der Waals surface area (Å²) in [6.07, 6.45) is 1.58. The first-order chi connectivity index (χ1) is 16.1. The Labute approximate surface area is 209 Å². The molecule has 4 unspecified atom stereocenters. The van der Waals surface area contributed by atoms with Gasteiger partial charge in [0, 0.05) is 23.5 Å². The van der Waals surface area contributed by atoms with Crippen LogP contribution in [0.25, 0.3) is 0 Å². The second-order valence-electron chi connectivity index (χ2n) is 11.2. The quantitative estimate of drug-likeness (QED) is 0.118. The maximum absolute atomic E-state index is 13.2. The first-order valence-corrected chi connectivity index (χ1v) is 12.9. The zero-order chi connectivity index (χ0) is 27.0. The van der Waals surface area contributed by atoms with Crippen LogP contribution in [0.5, 0.6) is 0 Å². The first kappa shape index (κ1) is 31.7. The van der Waals surface area contributed by atoms with E-state index in [1.807, 2.05) is 0 Å². The molecule has 0 aliphatic carbocycles. The number of aliphatic hydroxyl groups excluding tert-OH is 3. The van der Waals surface area contributed by atoms with Crippen molar-refractivity contribution >= 4 is 11.9 Å². The molecule has 0 aromatic carbocycles. The third-order valence-corrected chi connectivity index (χ3v) is 6.77. The van der Waals surface area contributed by atoms with Gasteiger partial charge in [0.15, 0.2) is 6.10 Å². The lowest BCUT2D eigenvalue weighted by Gasteiger charge is -2.51. The number of hydrogen-bond acceptors (Lipinski definition) is 9. The van der Waals surface area contributed by atoms with Crippen molar-refractivity contribution in [2.75, 3.05) is 0 Å². The van der Waals surface area contributed by atoms with E-state index in [1.165, 1.54) is 18.4 Å². The molecule has 1 rings (SSSR count). The van der Waals surface area contributed by atoms with E-state index in [0.29, 0.717) is 19.3 Å². The Balaban J connectivity index is 2.91. The third kappa shape index (κ3) is 8.94. The number of ether oxygens (including phenoxy) is 1. The van der Waals surface area contributed by atoms with E-state index >= 15 is 0 Å². The smallest absolute Gasteiger partial charge is 0.320 e. The summed E-state index contributed by atoms with van der Waals surface area (Å²) < 4.78 is 5.07. The van der Waals surface area contributed by atoms with Crippen LogP contribution in [0, 0.1) is 0 Å². The third-order valence-electron chi connectivity index (χ3n) is 6.77. The Bertz CT molecular complexity index is 666. The molecule has 0 radical (unpaired) electrons. The molecule has 1 heterocycles. The zero-order valence-electron chi connectivity index (χ0n) is 22.3. The van der Waals surface area contributed by atoms with Gasteiger partial charge in [-0.3, -0.25) is 9.59 Å². The maximum atomic E-state index is 13.2. The molecule has 4 atom stereocenters. The fraction of sp³-hybridized carbons (Fsp3) is 0.920. The molecule has 1 aliphatic heterocycles. The van der Waals surface area contributed by atoms with Crippen LogP contribution in [0.1, 0.15) is 106 Å². The number of hydrogen-bond donors (Lipinski definition) is 6. The Kier molecular flexibility index (Phi) is 12.1. The minimum atomic E-state index is -3.10. The summed E-state index contributed by atoms with van der Waals surface area (Å²) in [7, 11) is 0. The standard InChI is InChI=1S/C25H48N2O8/c1-7-8-9-10-11-12-13-14-19(29)35-25(33,21(31)20(30)17(2)28)22(32)26-18-15-23(3,4)27(34)24(5,6)16-18/h17-18,20-21,28,30-31,33-34H,7-16H2,1-6H3,(H,26,32). The topological polar surface area (TPSA) is 160 Å². The van der Waals surface area contributed by atoms with Crippen LogP contribution in [0.4, 0.5) is 0 Å². The van der Waals surface area contributed by atoms with E-state index in [1.54, 1.807) is 27.7 Å². The normalized spacial score (nSPS) is 22.6. The summed E-state index contributed by atoms with van der Waals surface area (Å²) in [6, 6.07) is -0.528. The Morgan fingerprint density at radius 1 is 1.00 bits per heavy atom. The summed E-state index contributed by atoms with van der Waals surface area (Å²) in [5.41, 5.74) is -1.41. The van der Waals surface area contributed by atoms with Gasteiger partial charge in [0.1, 0.15) is 6.10 Å². The van der Waals surface area contributed by atoms with Gasteiger partial charge in [-0.25, -0.2) is 0 Å². The molecule has 0 aromatic rings. The molecule has 1 saturated heterocycles. The minimum Gasteiger partial charge on any atom is -0.420 e. The maximum Gasteiger partial charge on any atom is 0.320 e. The number of esters is 1. The van der Waals surface area contributed by atoms with Crippen LogP contribution in [-0.4, -0.2) is 83.8 Å². The van der Waals surface area contributed by atoms with Crippen LogP contribution < -0.4 is 5.32 Å². The molecule has 1 amide bonds. The van der Waals surface area contributed by atoms with Crippen LogP contribution >= 0.6 is 0 Å². The molecular weight excluding hydrogens is 456 g/mol. The van der Waals surface area contributed by atoms with Crippen molar-refractivity contribution in [2.24, 2.45) is 0 Å². The number of piperidine rings is 1. The average Bonchev–Trinajstić information content (AvgIpc) is 2.75. The number of hydroxylamine groups is 2. The molecule has 10 heteroatoms. The number of rotatable bonds is 14. The van der Waals surface area contributed by atoms with Gasteiger partial charge in [-0.2, -0.15) is 5.06 Å². The molecule has 10 nitrogen and oxygen atoms in total. The van der Waals surface area contributed by atoms with E-state index in [2.05, 4.69) is 12.2 Å². The molecule has 0 bridgehead atoms. The van der Waals surface area contributed by atoms with Gasteiger partial charge in [0.25, 0.3) is 5.91 Å². The molecule has 0 aromatic heterocycles. The van der Waals surface area contributed by atoms with Crippen molar-refractivity contribution in [2.45, 2.75) is 147 Å². The zero-order valence-corrected chi connectivity index (χ0v) is 22.3. The molecule has 1 fully saturated rings. The van der Waals surface area contributed by atoms with E-state index in [0.717, 1.165) is 32.1 Å². The number of aliphatic hydroxyl groups is 4. The lowest BCUT2D eigenvalue weighted by Crippen LogP contribution is -2.67. The molecule has 206 valence electrons. The number of carbonyl (C=O) groups is 2. The lowest BCUT2D eigenvalue weighted by atomic mass is 9.79. The predicted octanol–water partition coefficient (Wildman–Crippen LogP) is 1.99. The summed E-state index contributed by atoms with van der Waals surface area (Å²) in [4.78, 5) is 25.6. The summed E-state index contributed by atoms with van der Waals surface area (Å²) in [5, 5.41) is 55.8. The van der Waals surface area contributed by atoms with E-state index in [-0.39, 0.29) is 6.42 Å². The minimum absolute atomic E-state index is 0.0657. The van der Waals surface area contributed by atoms with Crippen LogP contribution in [0.2, 0.25) is 0 Å². The van der Waals surface area contributed by atoms with Crippen molar-refractivity contribution in [1.29, 1.82) is 0 Å². The molecule has 35 heavy (non-hydrogen) atoms. The highest BCUT2D eigenvalue weighted by Gasteiger charge is 2.53. The van der Waals surface area contributed by atoms with Crippen molar-refractivity contribution < 1.29 is 40.0 Å². The van der Waals surface area contributed by atoms with Crippen LogP contribution in [0.3, 0.4) is 0 Å². The van der Waals surface area contributed by atoms with Crippen molar-refractivity contribution in [3.8, 4) is 0 Å². The van der Waals surface area contributed by atoms with Gasteiger partial charge < -0.3 is 35.7 Å². The highest BCUT2D eigenvalue weighted by Crippen LogP contribution is 2.37. The largest absolute Gasteiger partial charge is 0.420 e. The van der Waals surface area contributed by atoms with Gasteiger partial charge in [0.05, 0.1) is 6.10 Å². The van der Waals surface area contributed by atoms with Crippen molar-refractivity contribution in [3.05, 3.63) is 0 Å². The number of amides is 1. The van der Waals surface area contributed by atoms with E-state index in [9.17, 15) is 35.2 Å². The van der Waals surface area contributed by atoms with Crippen LogP contribution in [-0.2, 0) is 14.3 Å². The van der Waals surface area contributed by atoms with Crippen LogP contribution in [0.15, 0.2) is 0 Å². The number of nitrogens with zero attached hydrogens (tertiary/aromatic N) is 1. The molecule has 1 aliphatic rings. The monoisotopic (exact) mass is 504 g/mol. The Morgan fingerprint density at radius 2 is 1.49 bits per heavy atom. The highest BCUT2D eigenvalue weighted by molar-refractivity contribution is 5.87. The second kappa shape index (κ2) is 13.3. The highest BCUT2D eigenvalue weighted by atomic mass is 16.7. The number of carbonyl (C=O) groups excluding carboxylic acids is 2. The summed E-state index contributed by atoms with van der Waals surface area (Å²) >= 11 is 0. The van der Waals surface area contributed by atoms with Gasteiger partial charge in [-0.15, -0.1) is 0 Å². The molecule has 6 N–H and O–H groups in total. The van der Waals surface area contributed by atoms with Gasteiger partial charge in [0.2, 0.25) is 0 Å². The average molecular weight is 505 g/mol. The van der Waals surface area contributed by atoms with Gasteiger partial charge in [-0.05, 0) is 53.9 Å². The number of nitrogens with one attached hydrogen (secondary N) is 1. The lowest BCUT2D eigenvalue weighted by molar-refractivity contribution is -0.262. The second-order valence-corrected chi connectivity index (χ2v) is 11.2. The van der Waals surface area contributed by atoms with Crippen molar-refractivity contribution in [1.82, 2.24) is 10.4 Å². The molecular formula is C25H48N2O8. The van der Waals surface area contributed by atoms with Gasteiger partial charge >= 0.3 is 11.8 Å². The summed E-state index contributed by atoms with van der Waals surface area (Å²) in [6.45, 7) is 10.5. The Hall–Kier alpha value is -1.30. The Morgan fingerprint density at radius 3 is 1.97 bits per heavy atom. The summed E-state index contributed by atoms with van der Waals surface area (Å²) in [5.74, 6) is -5.18. The SMILES string of the molecule is CCCCCCCCCC(=O)OC(O)(C(=O)NC1CC(C)(C)N(O)C(C)(C)C1)C(O)C(O)C(C)O. The fourth-order valence-corrected chi connectivity index (χ4v) is 4.85. The molecule has 0 spiro atoms. The van der Waals surface area contributed by atoms with E-state index < -0.39 is 53.1 Å². The number of unbranched alkanes of at least 4 members (excludes halogenated alkanes) is 6.